The van der Waals surface area contributed by atoms with Crippen LogP contribution in [0.5, 0.6) is 0 Å². The molecule has 0 amide bonds. The molecule has 3 nitrogen and oxygen atoms in total. The van der Waals surface area contributed by atoms with Crippen LogP contribution >= 0.6 is 11.6 Å². The summed E-state index contributed by atoms with van der Waals surface area (Å²) >= 11 is 5.86. The second kappa shape index (κ2) is 7.88. The molecule has 0 radical (unpaired) electrons. The molecule has 1 N–H and O–H groups in total. The third kappa shape index (κ3) is 5.51. The number of benzene rings is 1. The third-order valence-corrected chi connectivity index (χ3v) is 4.53. The molecule has 0 bridgehead atoms. The van der Waals surface area contributed by atoms with Gasteiger partial charge in [0.15, 0.2) is 0 Å². The highest BCUT2D eigenvalue weighted by molar-refractivity contribution is 7.86. The largest absolute Gasteiger partial charge is 0.296 e. The lowest BCUT2D eigenvalue weighted by atomic mass is 10.0. The number of hydrogen-bond acceptors (Lipinski definition) is 2. The molecule has 1 aromatic rings. The molecule has 0 spiro atoms. The topological polar surface area (TPSA) is 54.4 Å². The molecule has 1 rings (SSSR count). The van der Waals surface area contributed by atoms with E-state index in [4.69, 9.17) is 11.6 Å². The fourth-order valence-corrected chi connectivity index (χ4v) is 3.44. The van der Waals surface area contributed by atoms with Gasteiger partial charge in [-0.05, 0) is 24.5 Å². The van der Waals surface area contributed by atoms with E-state index in [0.29, 0.717) is 12.0 Å². The van der Waals surface area contributed by atoms with Crippen molar-refractivity contribution in [2.45, 2.75) is 56.8 Å². The Kier molecular flexibility index (Phi) is 6.83. The summed E-state index contributed by atoms with van der Waals surface area (Å²) in [5, 5.41) is 0.0889. The maximum absolute atomic E-state index is 11.3. The van der Waals surface area contributed by atoms with E-state index in [2.05, 4.69) is 6.92 Å². The van der Waals surface area contributed by atoms with Crippen molar-refractivity contribution >= 4 is 21.7 Å². The van der Waals surface area contributed by atoms with Gasteiger partial charge in [-0.3, -0.25) is 4.55 Å². The molecule has 0 aromatic heterocycles. The summed E-state index contributed by atoms with van der Waals surface area (Å²) in [5.41, 5.74) is 0.602. The molecule has 0 fully saturated rings. The monoisotopic (exact) mass is 304 g/mol. The van der Waals surface area contributed by atoms with Crippen LogP contribution in [0, 0.1) is 0 Å². The number of rotatable bonds is 8. The fourth-order valence-electron chi connectivity index (χ4n) is 2.14. The summed E-state index contributed by atoms with van der Waals surface area (Å²) in [6, 6.07) is 4.90. The van der Waals surface area contributed by atoms with E-state index in [1.54, 1.807) is 12.1 Å². The van der Waals surface area contributed by atoms with Gasteiger partial charge in [0.05, 0.1) is 5.02 Å². The third-order valence-electron chi connectivity index (χ3n) is 3.11. The van der Waals surface area contributed by atoms with Crippen LogP contribution in [-0.2, 0) is 16.5 Å². The predicted octanol–water partition coefficient (Wildman–Crippen LogP) is 4.49. The van der Waals surface area contributed by atoms with Gasteiger partial charge in [-0.25, -0.2) is 0 Å². The molecule has 1 aromatic carbocycles. The molecule has 0 unspecified atom stereocenters. The van der Waals surface area contributed by atoms with Gasteiger partial charge in [-0.2, -0.15) is 8.42 Å². The van der Waals surface area contributed by atoms with Gasteiger partial charge in [0.25, 0.3) is 10.1 Å². The van der Waals surface area contributed by atoms with Gasteiger partial charge >= 0.3 is 0 Å². The Morgan fingerprint density at radius 3 is 2.37 bits per heavy atom. The lowest BCUT2D eigenvalue weighted by Gasteiger charge is -2.08. The minimum atomic E-state index is -4.25. The van der Waals surface area contributed by atoms with Crippen molar-refractivity contribution in [2.75, 3.05) is 0 Å². The Morgan fingerprint density at radius 2 is 1.74 bits per heavy atom. The van der Waals surface area contributed by atoms with Crippen LogP contribution < -0.4 is 0 Å². The molecule has 0 aliphatic rings. The summed E-state index contributed by atoms with van der Waals surface area (Å²) in [7, 11) is -4.25. The molecule has 5 heteroatoms. The zero-order chi connectivity index (χ0) is 14.3. The summed E-state index contributed by atoms with van der Waals surface area (Å²) < 4.78 is 31.9. The SMILES string of the molecule is CCCCCCCCc1cccc(Cl)c1S(=O)(=O)O. The quantitative estimate of drug-likeness (QED) is 0.568. The van der Waals surface area contributed by atoms with Crippen LogP contribution in [0.4, 0.5) is 0 Å². The minimum absolute atomic E-state index is 0.0889. The van der Waals surface area contributed by atoms with Crippen molar-refractivity contribution in [3.05, 3.63) is 28.8 Å². The molecule has 0 saturated heterocycles. The lowest BCUT2D eigenvalue weighted by molar-refractivity contribution is 0.481. The van der Waals surface area contributed by atoms with E-state index in [9.17, 15) is 13.0 Å². The van der Waals surface area contributed by atoms with E-state index in [0.717, 1.165) is 19.3 Å². The van der Waals surface area contributed by atoms with Gasteiger partial charge in [0, 0.05) is 0 Å². The summed E-state index contributed by atoms with van der Waals surface area (Å²) in [6.07, 6.45) is 7.44. The first-order valence-corrected chi connectivity index (χ1v) is 8.53. The number of unbranched alkanes of at least 4 members (excludes halogenated alkanes) is 5. The highest BCUT2D eigenvalue weighted by atomic mass is 35.5. The van der Waals surface area contributed by atoms with Crippen LogP contribution in [0.15, 0.2) is 23.1 Å². The fraction of sp³-hybridized carbons (Fsp3) is 0.571. The van der Waals surface area contributed by atoms with Crippen molar-refractivity contribution in [3.8, 4) is 0 Å². The average molecular weight is 305 g/mol. The maximum Gasteiger partial charge on any atom is 0.296 e. The number of hydrogen-bond donors (Lipinski definition) is 1. The van der Waals surface area contributed by atoms with Crippen LogP contribution in [0.25, 0.3) is 0 Å². The second-order valence-corrected chi connectivity index (χ2v) is 6.49. The number of halogens is 1. The highest BCUT2D eigenvalue weighted by Gasteiger charge is 2.18. The molecule has 19 heavy (non-hydrogen) atoms. The van der Waals surface area contributed by atoms with E-state index in [1.165, 1.54) is 25.3 Å². The summed E-state index contributed by atoms with van der Waals surface area (Å²) in [4.78, 5) is -0.134. The second-order valence-electron chi connectivity index (χ2n) is 4.72. The minimum Gasteiger partial charge on any atom is -0.282 e. The van der Waals surface area contributed by atoms with Crippen molar-refractivity contribution in [1.29, 1.82) is 0 Å². The predicted molar refractivity (Wildman–Crippen MR) is 78.3 cm³/mol. The van der Waals surface area contributed by atoms with Crippen LogP contribution in [0.1, 0.15) is 51.0 Å². The zero-order valence-electron chi connectivity index (χ0n) is 11.2. The molecule has 0 aliphatic carbocycles. The highest BCUT2D eigenvalue weighted by Crippen LogP contribution is 2.26. The van der Waals surface area contributed by atoms with Crippen LogP contribution in [-0.4, -0.2) is 13.0 Å². The Bertz CT molecular complexity index is 497. The van der Waals surface area contributed by atoms with Gasteiger partial charge in [0.2, 0.25) is 0 Å². The van der Waals surface area contributed by atoms with Crippen LogP contribution in [0.2, 0.25) is 5.02 Å². The standard InChI is InChI=1S/C14H21ClO3S/c1-2-3-4-5-6-7-9-12-10-8-11-13(15)14(12)19(16,17)18/h8,10-11H,2-7,9H2,1H3,(H,16,17,18). The van der Waals surface area contributed by atoms with Gasteiger partial charge in [-0.15, -0.1) is 0 Å². The Labute approximate surface area is 120 Å². The summed E-state index contributed by atoms with van der Waals surface area (Å²) in [5.74, 6) is 0. The molecule has 0 saturated carbocycles. The Morgan fingerprint density at radius 1 is 1.11 bits per heavy atom. The molecule has 0 atom stereocenters. The van der Waals surface area contributed by atoms with E-state index >= 15 is 0 Å². The molecular formula is C14H21ClO3S. The first-order valence-electron chi connectivity index (χ1n) is 6.71. The van der Waals surface area contributed by atoms with E-state index in [-0.39, 0.29) is 9.92 Å². The molecular weight excluding hydrogens is 284 g/mol. The van der Waals surface area contributed by atoms with Crippen molar-refractivity contribution in [3.63, 3.8) is 0 Å². The van der Waals surface area contributed by atoms with Gasteiger partial charge < -0.3 is 0 Å². The van der Waals surface area contributed by atoms with Crippen molar-refractivity contribution < 1.29 is 13.0 Å². The molecule has 108 valence electrons. The molecule has 0 aliphatic heterocycles. The van der Waals surface area contributed by atoms with E-state index < -0.39 is 10.1 Å². The zero-order valence-corrected chi connectivity index (χ0v) is 12.8. The van der Waals surface area contributed by atoms with Crippen LogP contribution in [0.3, 0.4) is 0 Å². The van der Waals surface area contributed by atoms with Gasteiger partial charge in [0.1, 0.15) is 4.90 Å². The summed E-state index contributed by atoms with van der Waals surface area (Å²) in [6.45, 7) is 2.17. The Hall–Kier alpha value is -0.580. The maximum atomic E-state index is 11.3. The van der Waals surface area contributed by atoms with Gasteiger partial charge in [-0.1, -0.05) is 62.8 Å². The number of aryl methyl sites for hydroxylation is 1. The first-order chi connectivity index (χ1) is 8.96. The first kappa shape index (κ1) is 16.5. The van der Waals surface area contributed by atoms with Crippen molar-refractivity contribution in [1.82, 2.24) is 0 Å². The average Bonchev–Trinajstić information content (AvgIpc) is 2.32. The van der Waals surface area contributed by atoms with Crippen molar-refractivity contribution in [2.24, 2.45) is 0 Å². The Balaban J connectivity index is 2.62. The smallest absolute Gasteiger partial charge is 0.282 e. The normalized spacial score (nSPS) is 11.7. The lowest BCUT2D eigenvalue weighted by Crippen LogP contribution is -2.04. The van der Waals surface area contributed by atoms with E-state index in [1.807, 2.05) is 0 Å². The molecule has 0 heterocycles.